The molecule has 0 aliphatic carbocycles. The zero-order valence-electron chi connectivity index (χ0n) is 18.7. The van der Waals surface area contributed by atoms with E-state index in [0.29, 0.717) is 22.9 Å². The molecule has 0 unspecified atom stereocenters. The summed E-state index contributed by atoms with van der Waals surface area (Å²) in [5.74, 6) is -0.290. The molecule has 3 aromatic rings. The van der Waals surface area contributed by atoms with E-state index in [1.54, 1.807) is 43.3 Å². The molecule has 9 heteroatoms. The van der Waals surface area contributed by atoms with Crippen LogP contribution < -0.4 is 15.6 Å². The van der Waals surface area contributed by atoms with Crippen LogP contribution in [0, 0.1) is 19.8 Å². The zero-order valence-corrected chi connectivity index (χ0v) is 19.5. The van der Waals surface area contributed by atoms with Crippen LogP contribution in [-0.4, -0.2) is 37.2 Å². The van der Waals surface area contributed by atoms with Crippen molar-refractivity contribution in [1.29, 1.82) is 0 Å². The average Bonchev–Trinajstić information content (AvgIpc) is 2.74. The Morgan fingerprint density at radius 1 is 1.06 bits per heavy atom. The van der Waals surface area contributed by atoms with Crippen molar-refractivity contribution in [2.24, 2.45) is 5.92 Å². The van der Waals surface area contributed by atoms with Crippen LogP contribution in [0.25, 0.3) is 10.8 Å². The summed E-state index contributed by atoms with van der Waals surface area (Å²) in [6.45, 7) is 7.97. The summed E-state index contributed by atoms with van der Waals surface area (Å²) in [4.78, 5) is 25.7. The average molecular weight is 457 g/mol. The van der Waals surface area contributed by atoms with Gasteiger partial charge in [0.2, 0.25) is 10.0 Å². The van der Waals surface area contributed by atoms with Crippen molar-refractivity contribution in [3.05, 3.63) is 69.6 Å². The lowest BCUT2D eigenvalue weighted by Gasteiger charge is -2.13. The van der Waals surface area contributed by atoms with E-state index < -0.39 is 15.9 Å². The Kier molecular flexibility index (Phi) is 7.10. The SMILES string of the molecule is Cc1ccc(C)c(S(=O)(=O)NCCNC(=O)c2nn(CC(C)C)c(=O)c3ccccc23)c1. The number of aryl methyl sites for hydroxylation is 2. The van der Waals surface area contributed by atoms with E-state index in [4.69, 9.17) is 0 Å². The molecule has 32 heavy (non-hydrogen) atoms. The molecular weight excluding hydrogens is 428 g/mol. The van der Waals surface area contributed by atoms with Gasteiger partial charge in [0, 0.05) is 25.0 Å². The van der Waals surface area contributed by atoms with Crippen LogP contribution in [0.15, 0.2) is 52.2 Å². The molecule has 0 spiro atoms. The van der Waals surface area contributed by atoms with E-state index in [0.717, 1.165) is 5.56 Å². The Bertz CT molecular complexity index is 1310. The van der Waals surface area contributed by atoms with Crippen LogP contribution in [0.4, 0.5) is 0 Å². The predicted octanol–water partition coefficient (Wildman–Crippen LogP) is 2.38. The van der Waals surface area contributed by atoms with E-state index in [9.17, 15) is 18.0 Å². The van der Waals surface area contributed by atoms with Crippen LogP contribution in [-0.2, 0) is 16.6 Å². The van der Waals surface area contributed by atoms with Gasteiger partial charge in [-0.05, 0) is 43.0 Å². The Morgan fingerprint density at radius 2 is 1.75 bits per heavy atom. The standard InChI is InChI=1S/C23H28N4O4S/c1-15(2)14-27-23(29)19-8-6-5-7-18(19)21(26-27)22(28)24-11-12-25-32(30,31)20-13-16(3)9-10-17(20)4/h5-10,13,15,25H,11-12,14H2,1-4H3,(H,24,28). The molecule has 2 N–H and O–H groups in total. The predicted molar refractivity (Wildman–Crippen MR) is 124 cm³/mol. The van der Waals surface area contributed by atoms with Gasteiger partial charge in [-0.3, -0.25) is 9.59 Å². The van der Waals surface area contributed by atoms with Gasteiger partial charge in [-0.15, -0.1) is 0 Å². The third-order valence-corrected chi connectivity index (χ3v) is 6.56. The summed E-state index contributed by atoms with van der Waals surface area (Å²) in [6.07, 6.45) is 0. The number of hydrogen-bond donors (Lipinski definition) is 2. The molecule has 0 aliphatic rings. The van der Waals surface area contributed by atoms with E-state index in [1.807, 2.05) is 26.8 Å². The second-order valence-corrected chi connectivity index (χ2v) is 9.93. The number of aromatic nitrogens is 2. The molecule has 0 radical (unpaired) electrons. The fourth-order valence-electron chi connectivity index (χ4n) is 3.39. The number of nitrogens with one attached hydrogen (secondary N) is 2. The molecule has 2 aromatic carbocycles. The number of carbonyl (C=O) groups is 1. The number of nitrogens with zero attached hydrogens (tertiary/aromatic N) is 2. The number of benzene rings is 2. The highest BCUT2D eigenvalue weighted by atomic mass is 32.2. The van der Waals surface area contributed by atoms with E-state index in [-0.39, 0.29) is 35.2 Å². The van der Waals surface area contributed by atoms with Gasteiger partial charge in [0.1, 0.15) is 0 Å². The van der Waals surface area contributed by atoms with Crippen molar-refractivity contribution in [2.75, 3.05) is 13.1 Å². The highest BCUT2D eigenvalue weighted by Gasteiger charge is 2.19. The van der Waals surface area contributed by atoms with Gasteiger partial charge >= 0.3 is 0 Å². The number of amides is 1. The molecule has 1 amide bonds. The summed E-state index contributed by atoms with van der Waals surface area (Å²) in [5, 5.41) is 7.87. The van der Waals surface area contributed by atoms with E-state index >= 15 is 0 Å². The van der Waals surface area contributed by atoms with Crippen LogP contribution in [0.3, 0.4) is 0 Å². The van der Waals surface area contributed by atoms with Crippen molar-refractivity contribution in [3.8, 4) is 0 Å². The molecule has 0 saturated carbocycles. The van der Waals surface area contributed by atoms with Gasteiger partial charge < -0.3 is 5.32 Å². The maximum atomic E-state index is 12.8. The van der Waals surface area contributed by atoms with Gasteiger partial charge in [-0.2, -0.15) is 5.10 Å². The van der Waals surface area contributed by atoms with E-state index in [1.165, 1.54) is 4.68 Å². The first-order chi connectivity index (χ1) is 15.1. The fraction of sp³-hybridized carbons (Fsp3) is 0.348. The minimum Gasteiger partial charge on any atom is -0.349 e. The van der Waals surface area contributed by atoms with Gasteiger partial charge in [0.25, 0.3) is 11.5 Å². The Morgan fingerprint density at radius 3 is 2.44 bits per heavy atom. The normalized spacial score (nSPS) is 11.8. The quantitative estimate of drug-likeness (QED) is 0.506. The smallest absolute Gasteiger partial charge is 0.274 e. The molecule has 1 aromatic heterocycles. The lowest BCUT2D eigenvalue weighted by molar-refractivity contribution is 0.0948. The largest absolute Gasteiger partial charge is 0.349 e. The van der Waals surface area contributed by atoms with Crippen molar-refractivity contribution >= 4 is 26.7 Å². The minimum atomic E-state index is -3.70. The minimum absolute atomic E-state index is 0.0189. The molecule has 0 atom stereocenters. The van der Waals surface area contributed by atoms with E-state index in [2.05, 4.69) is 15.1 Å². The summed E-state index contributed by atoms with van der Waals surface area (Å²) in [7, 11) is -3.70. The van der Waals surface area contributed by atoms with Crippen LogP contribution in [0.1, 0.15) is 35.5 Å². The topological polar surface area (TPSA) is 110 Å². The molecule has 3 rings (SSSR count). The first-order valence-electron chi connectivity index (χ1n) is 10.4. The molecule has 170 valence electrons. The molecule has 0 fully saturated rings. The van der Waals surface area contributed by atoms with Gasteiger partial charge in [0.05, 0.1) is 10.3 Å². The Labute approximate surface area is 187 Å². The summed E-state index contributed by atoms with van der Waals surface area (Å²) >= 11 is 0. The first-order valence-corrected chi connectivity index (χ1v) is 11.9. The van der Waals surface area contributed by atoms with Crippen LogP contribution in [0.5, 0.6) is 0 Å². The summed E-state index contributed by atoms with van der Waals surface area (Å²) in [6, 6.07) is 12.1. The third kappa shape index (κ3) is 5.23. The van der Waals surface area contributed by atoms with Crippen LogP contribution in [0.2, 0.25) is 0 Å². The number of carbonyl (C=O) groups excluding carboxylic acids is 1. The van der Waals surface area contributed by atoms with Crippen molar-refractivity contribution < 1.29 is 13.2 Å². The number of hydrogen-bond acceptors (Lipinski definition) is 5. The van der Waals surface area contributed by atoms with Crippen LogP contribution >= 0.6 is 0 Å². The monoisotopic (exact) mass is 456 g/mol. The Hall–Kier alpha value is -3.04. The van der Waals surface area contributed by atoms with Gasteiger partial charge in [-0.1, -0.05) is 44.2 Å². The Balaban J connectivity index is 1.75. The molecule has 0 aliphatic heterocycles. The number of rotatable bonds is 8. The van der Waals surface area contributed by atoms with Crippen molar-refractivity contribution in [3.63, 3.8) is 0 Å². The number of fused-ring (bicyclic) bond motifs is 1. The van der Waals surface area contributed by atoms with Crippen molar-refractivity contribution in [2.45, 2.75) is 39.1 Å². The lowest BCUT2D eigenvalue weighted by atomic mass is 10.1. The third-order valence-electron chi connectivity index (χ3n) is 4.96. The molecule has 0 saturated heterocycles. The maximum absolute atomic E-state index is 12.8. The van der Waals surface area contributed by atoms with Crippen molar-refractivity contribution in [1.82, 2.24) is 19.8 Å². The second-order valence-electron chi connectivity index (χ2n) is 8.20. The molecule has 0 bridgehead atoms. The first kappa shape index (κ1) is 23.6. The summed E-state index contributed by atoms with van der Waals surface area (Å²) in [5.41, 5.74) is 1.39. The number of sulfonamides is 1. The highest BCUT2D eigenvalue weighted by Crippen LogP contribution is 2.16. The van der Waals surface area contributed by atoms with Gasteiger partial charge in [-0.25, -0.2) is 17.8 Å². The summed E-state index contributed by atoms with van der Waals surface area (Å²) < 4.78 is 29.0. The maximum Gasteiger partial charge on any atom is 0.274 e. The lowest BCUT2D eigenvalue weighted by Crippen LogP contribution is -2.36. The molecular formula is C23H28N4O4S. The molecule has 8 nitrogen and oxygen atoms in total. The fourth-order valence-corrected chi connectivity index (χ4v) is 4.75. The highest BCUT2D eigenvalue weighted by molar-refractivity contribution is 7.89. The molecule has 1 heterocycles. The zero-order chi connectivity index (χ0) is 23.5. The van der Waals surface area contributed by atoms with Gasteiger partial charge in [0.15, 0.2) is 5.69 Å². The second kappa shape index (κ2) is 9.62.